The van der Waals surface area contributed by atoms with Gasteiger partial charge in [-0.2, -0.15) is 0 Å². The van der Waals surface area contributed by atoms with Crippen LogP contribution >= 0.6 is 0 Å². The smallest absolute Gasteiger partial charge is 0.254 e. The first-order chi connectivity index (χ1) is 15.0. The molecule has 4 rings (SSSR count). The van der Waals surface area contributed by atoms with Crippen LogP contribution in [0.1, 0.15) is 60.2 Å². The van der Waals surface area contributed by atoms with Crippen LogP contribution in [0.4, 0.5) is 0 Å². The second-order valence-corrected chi connectivity index (χ2v) is 8.64. The van der Waals surface area contributed by atoms with Crippen molar-refractivity contribution in [2.75, 3.05) is 26.8 Å². The lowest BCUT2D eigenvalue weighted by atomic mass is 9.80. The number of amides is 1. The molecule has 2 fully saturated rings. The van der Waals surface area contributed by atoms with E-state index in [4.69, 9.17) is 14.2 Å². The Hall–Kier alpha value is -2.37. The lowest BCUT2D eigenvalue weighted by molar-refractivity contribution is -0.190. The van der Waals surface area contributed by atoms with E-state index in [-0.39, 0.29) is 23.7 Å². The van der Waals surface area contributed by atoms with Gasteiger partial charge >= 0.3 is 0 Å². The predicted molar refractivity (Wildman–Crippen MR) is 121 cm³/mol. The van der Waals surface area contributed by atoms with E-state index in [2.05, 4.69) is 31.2 Å². The Kier molecular flexibility index (Phi) is 6.63. The van der Waals surface area contributed by atoms with E-state index in [1.807, 2.05) is 36.1 Å². The van der Waals surface area contributed by atoms with E-state index >= 15 is 0 Å². The fourth-order valence-corrected chi connectivity index (χ4v) is 5.05. The largest absolute Gasteiger partial charge is 0.496 e. The van der Waals surface area contributed by atoms with E-state index in [0.717, 1.165) is 37.0 Å². The van der Waals surface area contributed by atoms with Crippen LogP contribution in [-0.2, 0) is 9.47 Å². The number of carbonyl (C=O) groups excluding carboxylic acids is 1. The number of nitrogens with zero attached hydrogens (tertiary/aromatic N) is 1. The monoisotopic (exact) mass is 423 g/mol. The summed E-state index contributed by atoms with van der Waals surface area (Å²) < 4.78 is 18.2. The summed E-state index contributed by atoms with van der Waals surface area (Å²) in [5.74, 6) is 0.822. The zero-order valence-electron chi connectivity index (χ0n) is 18.8. The molecule has 0 aromatic heterocycles. The fourth-order valence-electron chi connectivity index (χ4n) is 5.05. The van der Waals surface area contributed by atoms with Crippen LogP contribution in [0.5, 0.6) is 5.75 Å². The molecule has 2 atom stereocenters. The molecule has 0 bridgehead atoms. The summed E-state index contributed by atoms with van der Waals surface area (Å²) in [7, 11) is 1.64. The second-order valence-electron chi connectivity index (χ2n) is 8.64. The van der Waals surface area contributed by atoms with Crippen LogP contribution in [0.2, 0.25) is 0 Å². The van der Waals surface area contributed by atoms with Crippen LogP contribution in [0.25, 0.3) is 0 Å². The molecular formula is C26H33NO4. The zero-order valence-corrected chi connectivity index (χ0v) is 18.8. The minimum atomic E-state index is -0.237. The number of hydrogen-bond acceptors (Lipinski definition) is 4. The molecule has 2 aliphatic rings. The van der Waals surface area contributed by atoms with Gasteiger partial charge in [0.25, 0.3) is 5.91 Å². The minimum absolute atomic E-state index is 0.0365. The van der Waals surface area contributed by atoms with Gasteiger partial charge in [-0.25, -0.2) is 0 Å². The van der Waals surface area contributed by atoms with Gasteiger partial charge in [0, 0.05) is 43.7 Å². The normalized spacial score (nSPS) is 23.0. The van der Waals surface area contributed by atoms with Gasteiger partial charge in [-0.05, 0) is 44.4 Å². The second kappa shape index (κ2) is 9.41. The first-order valence-corrected chi connectivity index (χ1v) is 11.3. The van der Waals surface area contributed by atoms with Gasteiger partial charge in [-0.15, -0.1) is 0 Å². The summed E-state index contributed by atoms with van der Waals surface area (Å²) in [4.78, 5) is 15.2. The third-order valence-corrected chi connectivity index (χ3v) is 6.74. The highest BCUT2D eigenvalue weighted by Gasteiger charge is 2.45. The average molecular weight is 424 g/mol. The number of carbonyl (C=O) groups is 1. The maximum atomic E-state index is 13.2. The van der Waals surface area contributed by atoms with Gasteiger partial charge in [0.1, 0.15) is 5.75 Å². The molecule has 0 radical (unpaired) electrons. The Bertz CT molecular complexity index is 890. The molecule has 2 aromatic carbocycles. The van der Waals surface area contributed by atoms with Gasteiger partial charge in [0.2, 0.25) is 0 Å². The van der Waals surface area contributed by atoms with E-state index in [9.17, 15) is 4.79 Å². The zero-order chi connectivity index (χ0) is 21.8. The van der Waals surface area contributed by atoms with Gasteiger partial charge in [-0.1, -0.05) is 36.4 Å². The van der Waals surface area contributed by atoms with E-state index in [1.165, 1.54) is 5.56 Å². The van der Waals surface area contributed by atoms with Crippen molar-refractivity contribution in [1.29, 1.82) is 0 Å². The molecule has 1 spiro atoms. The lowest BCUT2D eigenvalue weighted by Gasteiger charge is -2.49. The Morgan fingerprint density at radius 2 is 1.87 bits per heavy atom. The molecule has 166 valence electrons. The molecular weight excluding hydrogens is 390 g/mol. The van der Waals surface area contributed by atoms with Crippen molar-refractivity contribution in [1.82, 2.24) is 4.90 Å². The maximum absolute atomic E-state index is 13.2. The molecule has 2 aliphatic heterocycles. The predicted octanol–water partition coefficient (Wildman–Crippen LogP) is 4.94. The average Bonchev–Trinajstić information content (AvgIpc) is 2.80. The SMILES string of the molecule is CCO[C@H]1C[C@@H](c2ccccc2)OC2(CCN(C(=O)c3cccc(OC)c3C)CC2)C1. The van der Waals surface area contributed by atoms with Gasteiger partial charge in [-0.3, -0.25) is 4.79 Å². The molecule has 0 aliphatic carbocycles. The summed E-state index contributed by atoms with van der Waals surface area (Å²) in [5.41, 5.74) is 2.58. The standard InChI is InChI=1S/C26H33NO4/c1-4-30-21-17-24(20-9-6-5-7-10-20)31-26(18-21)13-15-27(16-14-26)25(28)22-11-8-12-23(29-3)19(22)2/h5-12,21,24H,4,13-18H2,1-3H3/t21-,24-/m0/s1. The van der Waals surface area contributed by atoms with Crippen molar-refractivity contribution in [3.05, 3.63) is 65.2 Å². The summed E-state index contributed by atoms with van der Waals surface area (Å²) in [6.07, 6.45) is 3.65. The minimum Gasteiger partial charge on any atom is -0.496 e. The van der Waals surface area contributed by atoms with E-state index in [0.29, 0.717) is 25.3 Å². The van der Waals surface area contributed by atoms with Crippen molar-refractivity contribution in [2.24, 2.45) is 0 Å². The van der Waals surface area contributed by atoms with Gasteiger partial charge < -0.3 is 19.1 Å². The molecule has 5 nitrogen and oxygen atoms in total. The van der Waals surface area contributed by atoms with Crippen molar-refractivity contribution in [3.8, 4) is 5.75 Å². The molecule has 1 amide bonds. The van der Waals surface area contributed by atoms with Crippen molar-refractivity contribution in [2.45, 2.75) is 57.3 Å². The summed E-state index contributed by atoms with van der Waals surface area (Å²) in [5, 5.41) is 0. The Morgan fingerprint density at radius 1 is 1.13 bits per heavy atom. The van der Waals surface area contributed by atoms with E-state index in [1.54, 1.807) is 7.11 Å². The molecule has 2 heterocycles. The number of likely N-dealkylation sites (tertiary alicyclic amines) is 1. The number of rotatable bonds is 5. The number of methoxy groups -OCH3 is 1. The quantitative estimate of drug-likeness (QED) is 0.684. The van der Waals surface area contributed by atoms with Crippen molar-refractivity contribution < 1.29 is 19.0 Å². The Balaban J connectivity index is 1.48. The number of piperidine rings is 1. The number of hydrogen-bond donors (Lipinski definition) is 0. The maximum Gasteiger partial charge on any atom is 0.254 e. The van der Waals surface area contributed by atoms with Crippen LogP contribution in [0, 0.1) is 6.92 Å². The summed E-state index contributed by atoms with van der Waals surface area (Å²) >= 11 is 0. The third kappa shape index (κ3) is 4.63. The van der Waals surface area contributed by atoms with Crippen LogP contribution in [-0.4, -0.2) is 49.3 Å². The highest BCUT2D eigenvalue weighted by Crippen LogP contribution is 2.44. The molecule has 0 unspecified atom stereocenters. The first-order valence-electron chi connectivity index (χ1n) is 11.3. The molecule has 2 aromatic rings. The Labute approximate surface area is 185 Å². The van der Waals surface area contributed by atoms with Crippen LogP contribution in [0.3, 0.4) is 0 Å². The summed E-state index contributed by atoms with van der Waals surface area (Å²) in [6.45, 7) is 6.09. The lowest BCUT2D eigenvalue weighted by Crippen LogP contribution is -2.52. The molecule has 31 heavy (non-hydrogen) atoms. The van der Waals surface area contributed by atoms with Crippen LogP contribution < -0.4 is 4.74 Å². The van der Waals surface area contributed by atoms with Gasteiger partial charge in [0.15, 0.2) is 0 Å². The molecule has 2 saturated heterocycles. The first kappa shape index (κ1) is 21.8. The molecule has 0 N–H and O–H groups in total. The van der Waals surface area contributed by atoms with Crippen LogP contribution in [0.15, 0.2) is 48.5 Å². The summed E-state index contributed by atoms with van der Waals surface area (Å²) in [6, 6.07) is 16.1. The highest BCUT2D eigenvalue weighted by atomic mass is 16.5. The molecule has 5 heteroatoms. The van der Waals surface area contributed by atoms with Crippen molar-refractivity contribution in [3.63, 3.8) is 0 Å². The van der Waals surface area contributed by atoms with E-state index < -0.39 is 0 Å². The van der Waals surface area contributed by atoms with Crippen molar-refractivity contribution >= 4 is 5.91 Å². The number of ether oxygens (including phenoxy) is 3. The highest BCUT2D eigenvalue weighted by molar-refractivity contribution is 5.96. The Morgan fingerprint density at radius 3 is 2.55 bits per heavy atom. The van der Waals surface area contributed by atoms with Gasteiger partial charge in [0.05, 0.1) is 24.9 Å². The number of benzene rings is 2. The third-order valence-electron chi connectivity index (χ3n) is 6.74. The fraction of sp³-hybridized carbons (Fsp3) is 0.500. The molecule has 0 saturated carbocycles. The topological polar surface area (TPSA) is 48.0 Å².